The van der Waals surface area contributed by atoms with Crippen LogP contribution in [0.2, 0.25) is 31.6 Å². The Morgan fingerprint density at radius 2 is 0.622 bits per heavy atom. The fourth-order valence-corrected chi connectivity index (χ4v) is 16.1. The highest BCUT2D eigenvalue weighted by Crippen LogP contribution is 2.41. The average Bonchev–Trinajstić information content (AvgIpc) is 1.67. The van der Waals surface area contributed by atoms with Gasteiger partial charge >= 0.3 is 65.4 Å². The van der Waals surface area contributed by atoms with Gasteiger partial charge in [-0.2, -0.15) is 0 Å². The van der Waals surface area contributed by atoms with Crippen molar-refractivity contribution in [3.05, 3.63) is 102 Å². The van der Waals surface area contributed by atoms with Gasteiger partial charge in [0.2, 0.25) is 0 Å². The number of hydrogen-bond donors (Lipinski definition) is 25. The topological polar surface area (TPSA) is 797 Å². The average molecular weight is 1680 g/mol. The highest BCUT2D eigenvalue weighted by molar-refractivity contribution is 6.42. The van der Waals surface area contributed by atoms with Crippen LogP contribution in [-0.2, 0) is 24.0 Å². The van der Waals surface area contributed by atoms with Crippen LogP contribution in [0.4, 0.5) is 56.9 Å². The first-order valence-electron chi connectivity index (χ1n) is 38.5. The van der Waals surface area contributed by atoms with Crippen LogP contribution in [0.1, 0.15) is 77.6 Å². The van der Waals surface area contributed by atoms with Crippen molar-refractivity contribution in [1.29, 1.82) is 0 Å². The summed E-state index contributed by atoms with van der Waals surface area (Å²) in [4.78, 5) is 184. The summed E-state index contributed by atoms with van der Waals surface area (Å²) in [6, 6.07) is 0. The lowest BCUT2D eigenvalue weighted by atomic mass is 9.78. The van der Waals surface area contributed by atoms with Crippen LogP contribution in [0.3, 0.4) is 0 Å². The summed E-state index contributed by atoms with van der Waals surface area (Å²) in [7, 11) is -2.47. The first-order chi connectivity index (χ1) is 55.4. The van der Waals surface area contributed by atoms with Crippen molar-refractivity contribution in [2.75, 3.05) is 157 Å². The van der Waals surface area contributed by atoms with Crippen molar-refractivity contribution in [3.63, 3.8) is 0 Å². The Balaban J connectivity index is 0.000000231. The molecule has 0 bridgehead atoms. The molecule has 10 rings (SSSR count). The third-order valence-corrected chi connectivity index (χ3v) is 22.9. The largest absolute Gasteiger partial charge is 0.480 e. The van der Waals surface area contributed by atoms with Crippen molar-refractivity contribution in [3.8, 4) is 0 Å². The molecule has 5 aliphatic rings. The van der Waals surface area contributed by atoms with E-state index in [0.717, 1.165) is 0 Å². The quantitative estimate of drug-likeness (QED) is 0.00991. The second-order valence-electron chi connectivity index (χ2n) is 31.3. The Morgan fingerprint density at radius 3 is 0.866 bits per heavy atom. The van der Waals surface area contributed by atoms with Gasteiger partial charge in [0, 0.05) is 129 Å². The highest BCUT2D eigenvalue weighted by Gasteiger charge is 2.56. The van der Waals surface area contributed by atoms with Gasteiger partial charge in [0.05, 0.1) is 0 Å². The van der Waals surface area contributed by atoms with Gasteiger partial charge in [-0.1, -0.05) is 32.1 Å². The molecular formula is C68H107B5N16O30. The Labute approximate surface area is 679 Å². The molecule has 5 aliphatic heterocycles. The Kier molecular flexibility index (Phi) is 33.6. The van der Waals surface area contributed by atoms with Gasteiger partial charge in [0.1, 0.15) is 84.6 Å². The van der Waals surface area contributed by atoms with E-state index in [1.54, 1.807) is 35.7 Å². The van der Waals surface area contributed by atoms with Crippen molar-refractivity contribution in [2.24, 2.45) is 64.0 Å². The lowest BCUT2D eigenvalue weighted by molar-refractivity contribution is -0.145. The van der Waals surface area contributed by atoms with Crippen LogP contribution in [-0.4, -0.2) is 275 Å². The van der Waals surface area contributed by atoms with Crippen molar-refractivity contribution >= 4 is 122 Å². The number of carbonyl (C=O) groups is 5. The van der Waals surface area contributed by atoms with Gasteiger partial charge in [0.25, 0.3) is 54.3 Å². The second-order valence-corrected chi connectivity index (χ2v) is 31.3. The molecular weight excluding hydrogens is 1570 g/mol. The summed E-state index contributed by atoms with van der Waals surface area (Å²) < 4.78 is 0. The number of nitrogens with zero attached hydrogens (tertiary/aromatic N) is 6. The number of anilines is 10. The lowest BCUT2D eigenvalue weighted by Gasteiger charge is -2.27. The van der Waals surface area contributed by atoms with E-state index in [1.807, 2.05) is 0 Å². The van der Waals surface area contributed by atoms with Gasteiger partial charge in [0.15, 0.2) is 0 Å². The predicted octanol–water partition coefficient (Wildman–Crippen LogP) is -11.3. The maximum absolute atomic E-state index is 12.0. The zero-order valence-electron chi connectivity index (χ0n) is 66.3. The van der Waals surface area contributed by atoms with Gasteiger partial charge in [-0.15, -0.1) is 0 Å². The number of nitrogens with two attached hydrogens (primary N) is 7. The fourth-order valence-electron chi connectivity index (χ4n) is 16.1. The Morgan fingerprint density at radius 1 is 0.378 bits per heavy atom. The molecule has 0 amide bonds. The molecule has 32 N–H and O–H groups in total. The number of carboxylic acid groups (broad SMARTS) is 5. The smallest absolute Gasteiger partial charge is 0.451 e. The summed E-state index contributed by atoms with van der Waals surface area (Å²) >= 11 is 0. The normalized spacial score (nSPS) is 23.8. The summed E-state index contributed by atoms with van der Waals surface area (Å²) in [5, 5.41) is 145. The third kappa shape index (κ3) is 21.4. The molecule has 46 nitrogen and oxygen atoms in total. The zero-order valence-corrected chi connectivity index (χ0v) is 66.3. The zero-order chi connectivity index (χ0) is 89.8. The number of rotatable bonds is 38. The van der Waals surface area contributed by atoms with Crippen LogP contribution < -0.4 is 140 Å². The molecule has 5 saturated heterocycles. The number of nitrogens with one attached hydrogen (secondary N) is 3. The molecule has 5 aromatic carbocycles. The van der Waals surface area contributed by atoms with Crippen LogP contribution >= 0.6 is 0 Å². The van der Waals surface area contributed by atoms with Crippen molar-refractivity contribution < 1.29 is 99.7 Å². The molecule has 654 valence electrons. The van der Waals surface area contributed by atoms with E-state index >= 15 is 0 Å². The number of hydrogen-bond acceptors (Lipinski definition) is 41. The van der Waals surface area contributed by atoms with E-state index in [2.05, 4.69) is 16.0 Å². The molecule has 5 aromatic rings. The van der Waals surface area contributed by atoms with E-state index in [-0.39, 0.29) is 154 Å². The highest BCUT2D eigenvalue weighted by atomic mass is 16.4. The summed E-state index contributed by atoms with van der Waals surface area (Å²) in [6.07, 6.45) is 5.00. The van der Waals surface area contributed by atoms with Crippen LogP contribution in [0.15, 0.2) is 47.9 Å². The molecule has 0 unspecified atom stereocenters. The number of carboxylic acids is 5. The van der Waals surface area contributed by atoms with Crippen molar-refractivity contribution in [1.82, 2.24) is 0 Å². The monoisotopic (exact) mass is 1680 g/mol. The molecule has 5 heterocycles. The van der Waals surface area contributed by atoms with Gasteiger partial charge < -0.3 is 161 Å². The minimum Gasteiger partial charge on any atom is -0.480 e. The molecule has 0 aromatic heterocycles. The predicted molar refractivity (Wildman–Crippen MR) is 444 cm³/mol. The van der Waals surface area contributed by atoms with Crippen LogP contribution in [0.25, 0.3) is 0 Å². The second kappa shape index (κ2) is 40.7. The van der Waals surface area contributed by atoms with E-state index < -0.39 is 177 Å². The van der Waals surface area contributed by atoms with E-state index in [4.69, 9.17) is 90.4 Å². The standard InChI is InChI=1S/C15H25BN4O6.2C14H22BN3O6.C13H20BN3O6.C12H18BN3O6/c17-5-2-6-19-10-11(13(22)12(10)21)20-7-9(3-1-4-16(25)26)15(18,8-20)14(23)24;1-17(2)9-10(12(20)11(9)19)18-6-8(4-3-5-15(23)24)14(16,7-18)13(21)22;1-2-17-9-10(12(20)11(9)19)18-6-8(4-3-5-15(23)24)14(16,7-18)13(21)22;1-16-8-9(11(19)10(8)18)17-5-7(3-2-4-14(22)23)13(15,6-17)12(20)21;14-7-8(10(18)9(7)17)16-4-6(2-1-3-13(21)22)12(15,5-16)11(19)20/h9,19,25-26H,1-8,17-18H2,(H,23,24);8,23-24H,3-7,16H2,1-2H3,(H,21,22);8,17,23-24H,2-7,16H2,1H3,(H,21,22);7,16,22-23H,2-6,15H2,1H3,(H,20,21);6,21-22H,1-5,14-15H2,(H,19,20)/t9-,15-;2*8-,14-;7-,13-;6-,12-/m00000/s1. The lowest BCUT2D eigenvalue weighted by Crippen LogP contribution is -2.55. The minimum atomic E-state index is -1.58. The van der Waals surface area contributed by atoms with Crippen LogP contribution in [0.5, 0.6) is 0 Å². The molecule has 119 heavy (non-hydrogen) atoms. The molecule has 5 fully saturated rings. The summed E-state index contributed by atoms with van der Waals surface area (Å²) in [6.45, 7) is 3.78. The van der Waals surface area contributed by atoms with Gasteiger partial charge in [-0.25, -0.2) is 0 Å². The Bertz CT molecular complexity index is 4790. The molecule has 0 saturated carbocycles. The molecule has 0 radical (unpaired) electrons. The Hall–Kier alpha value is -9.57. The summed E-state index contributed by atoms with van der Waals surface area (Å²) in [5.41, 5.74) is 28.3. The van der Waals surface area contributed by atoms with Gasteiger partial charge in [-0.3, -0.25) is 71.9 Å². The fraction of sp³-hybridized carbons (Fsp3) is 0.632. The first-order valence-corrected chi connectivity index (χ1v) is 38.5. The molecule has 0 spiro atoms. The number of nitrogen functional groups attached to an aromatic ring is 1. The third-order valence-electron chi connectivity index (χ3n) is 22.9. The molecule has 10 atom stereocenters. The molecule has 0 aliphatic carbocycles. The van der Waals surface area contributed by atoms with Crippen LogP contribution in [0, 0.1) is 29.6 Å². The van der Waals surface area contributed by atoms with E-state index in [0.29, 0.717) is 90.3 Å². The van der Waals surface area contributed by atoms with Crippen molar-refractivity contribution in [2.45, 2.75) is 137 Å². The van der Waals surface area contributed by atoms with E-state index in [1.165, 1.54) is 21.7 Å². The van der Waals surface area contributed by atoms with Gasteiger partial charge in [-0.05, 0) is 83.6 Å². The molecule has 51 heteroatoms. The maximum atomic E-state index is 12.0. The van der Waals surface area contributed by atoms with E-state index in [9.17, 15) is 97.5 Å². The first kappa shape index (κ1) is 98.3. The summed E-state index contributed by atoms with van der Waals surface area (Å²) in [5.74, 6) is -8.30. The maximum Gasteiger partial charge on any atom is 0.451 e. The number of aliphatic carboxylic acids is 5. The SMILES string of the molecule is CCNc1c(N2C[C@H](CCCB(O)O)[C@](N)(C(=O)O)C2)c(=O)c1=O.CN(C)c1c(N2C[C@H](CCCB(O)O)[C@](N)(C(=O)O)C2)c(=O)c1=O.CNc1c(N2C[C@H](CCCB(O)O)[C@](N)(C(=O)O)C2)c(=O)c1=O.NCCCNc1c(N2C[C@H](CCCB(O)O)[C@](N)(C(=O)O)C2)c(=O)c1=O.Nc1c(N2C[C@H](CCCB(O)O)[C@](N)(C(=O)O)C2)c(=O)c1=O. The minimum absolute atomic E-state index is 0.0331.